The van der Waals surface area contributed by atoms with Crippen molar-refractivity contribution in [1.82, 2.24) is 0 Å². The highest BCUT2D eigenvalue weighted by Crippen LogP contribution is 2.56. The van der Waals surface area contributed by atoms with E-state index in [1.54, 1.807) is 0 Å². The van der Waals surface area contributed by atoms with Gasteiger partial charge in [-0.25, -0.2) is 0 Å². The van der Waals surface area contributed by atoms with Gasteiger partial charge in [0.1, 0.15) is 0 Å². The molecule has 0 N–H and O–H groups in total. The molecule has 304 valence electrons. The molecule has 2 atom stereocenters. The van der Waals surface area contributed by atoms with Crippen molar-refractivity contribution >= 4 is 48.7 Å². The summed E-state index contributed by atoms with van der Waals surface area (Å²) in [6.45, 7) is 0. The van der Waals surface area contributed by atoms with E-state index in [9.17, 15) is 0 Å². The summed E-state index contributed by atoms with van der Waals surface area (Å²) in [5.74, 6) is 0.695. The van der Waals surface area contributed by atoms with E-state index in [-0.39, 0.29) is 5.41 Å². The molecule has 5 aliphatic carbocycles. The second-order valence-corrected chi connectivity index (χ2v) is 18.9. The maximum Gasteiger partial charge on any atom is 0.0296 e. The van der Waals surface area contributed by atoms with E-state index >= 15 is 0 Å². The van der Waals surface area contributed by atoms with Crippen LogP contribution in [0.5, 0.6) is 0 Å². The summed E-state index contributed by atoms with van der Waals surface area (Å²) in [5, 5.41) is 10.2. The smallest absolute Gasteiger partial charge is 0.0296 e. The first-order valence-electron chi connectivity index (χ1n) is 23.2. The van der Waals surface area contributed by atoms with Crippen molar-refractivity contribution in [3.05, 3.63) is 281 Å². The Kier molecular flexibility index (Phi) is 7.95. The number of fused-ring (bicyclic) bond motifs is 7. The van der Waals surface area contributed by atoms with Crippen molar-refractivity contribution in [3.63, 3.8) is 0 Å². The molecular formula is C65H44. The molecular weight excluding hydrogens is 781 g/mol. The molecule has 9 aromatic rings. The molecule has 2 unspecified atom stereocenters. The summed E-state index contributed by atoms with van der Waals surface area (Å²) in [7, 11) is 0. The Balaban J connectivity index is 1.03. The Hall–Kier alpha value is -7.80. The van der Waals surface area contributed by atoms with Gasteiger partial charge in [-0.1, -0.05) is 188 Å². The molecule has 14 rings (SSSR count). The second kappa shape index (κ2) is 14.1. The van der Waals surface area contributed by atoms with Gasteiger partial charge in [0.05, 0.1) is 0 Å². The monoisotopic (exact) mass is 824 g/mol. The lowest BCUT2D eigenvalue weighted by atomic mass is 9.63. The zero-order valence-corrected chi connectivity index (χ0v) is 36.0. The third kappa shape index (κ3) is 5.63. The molecule has 0 bridgehead atoms. The minimum Gasteiger partial charge on any atom is -0.0622 e. The highest BCUT2D eigenvalue weighted by Gasteiger charge is 2.45. The quantitative estimate of drug-likeness (QED) is 0.147. The zero-order chi connectivity index (χ0) is 42.6. The lowest BCUT2D eigenvalue weighted by Gasteiger charge is -2.40. The maximum atomic E-state index is 2.60. The zero-order valence-electron chi connectivity index (χ0n) is 36.0. The number of allylic oxidation sites excluding steroid dienone is 14. The summed E-state index contributed by atoms with van der Waals surface area (Å²) in [5.41, 5.74) is 18.7. The molecule has 0 amide bonds. The molecule has 0 saturated carbocycles. The minimum atomic E-state index is -0.346. The van der Waals surface area contributed by atoms with Crippen molar-refractivity contribution in [2.24, 2.45) is 11.8 Å². The fraction of sp³-hybridized carbons (Fsp3) is 0.0769. The first-order chi connectivity index (χ1) is 32.1. The number of rotatable bonds is 6. The van der Waals surface area contributed by atoms with E-state index in [0.717, 1.165) is 12.8 Å². The molecule has 0 aromatic heterocycles. The van der Waals surface area contributed by atoms with E-state index in [1.807, 2.05) is 0 Å². The molecule has 0 nitrogen and oxygen atoms in total. The van der Waals surface area contributed by atoms with Gasteiger partial charge in [-0.2, -0.15) is 0 Å². The third-order valence-corrected chi connectivity index (χ3v) is 15.3. The van der Waals surface area contributed by atoms with Gasteiger partial charge < -0.3 is 0 Å². The minimum absolute atomic E-state index is 0.326. The van der Waals surface area contributed by atoms with Crippen LogP contribution in [0, 0.1) is 11.8 Å². The summed E-state index contributed by atoms with van der Waals surface area (Å²) in [6.07, 6.45) is 22.9. The summed E-state index contributed by atoms with van der Waals surface area (Å²) in [6, 6.07) is 67.1. The predicted molar refractivity (Wildman–Crippen MR) is 274 cm³/mol. The summed E-state index contributed by atoms with van der Waals surface area (Å²) in [4.78, 5) is 0. The number of benzene rings is 9. The first-order valence-corrected chi connectivity index (χ1v) is 23.2. The van der Waals surface area contributed by atoms with Crippen LogP contribution in [0.4, 0.5) is 0 Å². The topological polar surface area (TPSA) is 0 Å². The fourth-order valence-electron chi connectivity index (χ4n) is 12.4. The molecule has 5 aliphatic rings. The van der Waals surface area contributed by atoms with Crippen molar-refractivity contribution in [2.45, 2.75) is 18.3 Å². The Morgan fingerprint density at radius 1 is 0.369 bits per heavy atom. The Labute approximate surface area is 379 Å². The van der Waals surface area contributed by atoms with Crippen LogP contribution in [0.1, 0.15) is 27.8 Å². The average molecular weight is 825 g/mol. The third-order valence-electron chi connectivity index (χ3n) is 15.3. The molecule has 0 heterocycles. The van der Waals surface area contributed by atoms with Crippen LogP contribution in [0.3, 0.4) is 0 Å². The molecule has 0 saturated heterocycles. The lowest BCUT2D eigenvalue weighted by Crippen LogP contribution is -2.31. The van der Waals surface area contributed by atoms with Gasteiger partial charge in [-0.05, 0) is 176 Å². The van der Waals surface area contributed by atoms with Gasteiger partial charge in [-0.3, -0.25) is 0 Å². The van der Waals surface area contributed by atoms with E-state index in [4.69, 9.17) is 0 Å². The van der Waals surface area contributed by atoms with Gasteiger partial charge in [0.2, 0.25) is 0 Å². The summed E-state index contributed by atoms with van der Waals surface area (Å²) < 4.78 is 0. The fourth-order valence-corrected chi connectivity index (χ4v) is 12.4. The highest BCUT2D eigenvalue weighted by molar-refractivity contribution is 6.18. The molecule has 0 aliphatic heterocycles. The predicted octanol–water partition coefficient (Wildman–Crippen LogP) is 16.2. The van der Waals surface area contributed by atoms with Crippen molar-refractivity contribution < 1.29 is 0 Å². The first kappa shape index (κ1) is 36.7. The standard InChI is InChI=1S/C65H44/c1-3-12-41(13-4-1)39-65(40-42-14-5-2-6-15-42)60-37-50(54-28-24-45-23-22-43-20-11-21-44-25-31-57(54)64(45)62(43)44)26-29-55(60)56-30-27-51(38-61(56)65)63-58-35-48-18-9-7-16-46(48)32-52(58)34-53-33-47-17-8-10-19-49(47)36-59(53)63/h1-38,62,64H,39-40H2. The van der Waals surface area contributed by atoms with Crippen LogP contribution in [0.2, 0.25) is 0 Å². The van der Waals surface area contributed by atoms with Gasteiger partial charge in [0.25, 0.3) is 0 Å². The molecule has 65 heavy (non-hydrogen) atoms. The Morgan fingerprint density at radius 2 is 0.862 bits per heavy atom. The SMILES string of the molecule is C1=CC2=CC=C3C=CC(c4ccc5c(c4)C(Cc4ccccc4)(Cc4ccccc4)c4cc(-c6c7cc8ccccc8cc7cc7cc8ccccc8cc67)ccc4-5)=C4C=CC(=C1)C2C34. The number of hydrogen-bond donors (Lipinski definition) is 0. The van der Waals surface area contributed by atoms with Crippen LogP contribution in [-0.4, -0.2) is 0 Å². The van der Waals surface area contributed by atoms with Crippen molar-refractivity contribution in [1.29, 1.82) is 0 Å². The normalized spacial score (nSPS) is 18.4. The maximum absolute atomic E-state index is 2.60. The van der Waals surface area contributed by atoms with Gasteiger partial charge >= 0.3 is 0 Å². The molecule has 0 fully saturated rings. The van der Waals surface area contributed by atoms with Crippen LogP contribution >= 0.6 is 0 Å². The second-order valence-electron chi connectivity index (χ2n) is 18.9. The van der Waals surface area contributed by atoms with Crippen molar-refractivity contribution in [3.8, 4) is 22.3 Å². The number of hydrogen-bond acceptors (Lipinski definition) is 0. The molecule has 0 spiro atoms. The average Bonchev–Trinajstić information content (AvgIpc) is 3.61. The highest BCUT2D eigenvalue weighted by atomic mass is 14.5. The Bertz CT molecular complexity index is 3610. The van der Waals surface area contributed by atoms with Gasteiger partial charge in [0.15, 0.2) is 0 Å². The lowest BCUT2D eigenvalue weighted by molar-refractivity contribution is 0.520. The van der Waals surface area contributed by atoms with Crippen molar-refractivity contribution in [2.75, 3.05) is 0 Å². The van der Waals surface area contributed by atoms with Crippen LogP contribution < -0.4 is 0 Å². The Morgan fingerprint density at radius 3 is 1.48 bits per heavy atom. The van der Waals surface area contributed by atoms with Gasteiger partial charge in [0, 0.05) is 17.3 Å². The van der Waals surface area contributed by atoms with E-state index in [0.29, 0.717) is 11.8 Å². The van der Waals surface area contributed by atoms with E-state index < -0.39 is 0 Å². The largest absolute Gasteiger partial charge is 0.0622 e. The molecule has 0 heteroatoms. The molecule has 0 radical (unpaired) electrons. The van der Waals surface area contributed by atoms with E-state index in [1.165, 1.54) is 121 Å². The van der Waals surface area contributed by atoms with Crippen LogP contribution in [-0.2, 0) is 18.3 Å². The van der Waals surface area contributed by atoms with Gasteiger partial charge in [-0.15, -0.1) is 0 Å². The van der Waals surface area contributed by atoms with Crippen LogP contribution in [0.25, 0.3) is 70.9 Å². The molecule has 9 aromatic carbocycles. The van der Waals surface area contributed by atoms with Crippen LogP contribution in [0.15, 0.2) is 253 Å². The summed E-state index contributed by atoms with van der Waals surface area (Å²) >= 11 is 0. The van der Waals surface area contributed by atoms with E-state index in [2.05, 4.69) is 231 Å².